The summed E-state index contributed by atoms with van der Waals surface area (Å²) in [6.45, 7) is 4.25. The lowest BCUT2D eigenvalue weighted by Gasteiger charge is -2.57. The summed E-state index contributed by atoms with van der Waals surface area (Å²) in [5, 5.41) is 3.93. The van der Waals surface area contributed by atoms with Crippen LogP contribution in [0.25, 0.3) is 0 Å². The lowest BCUT2D eigenvalue weighted by atomic mass is 9.53. The van der Waals surface area contributed by atoms with Gasteiger partial charge in [-0.3, -0.25) is 0 Å². The van der Waals surface area contributed by atoms with Crippen LogP contribution in [-0.4, -0.2) is 41.8 Å². The van der Waals surface area contributed by atoms with Crippen LogP contribution in [0.5, 0.6) is 0 Å². The van der Waals surface area contributed by atoms with E-state index in [1.54, 1.807) is 0 Å². The second kappa shape index (κ2) is 5.95. The highest BCUT2D eigenvalue weighted by Crippen LogP contribution is 2.55. The maximum atomic E-state index is 5.39. The molecule has 5 aliphatic rings. The second-order valence-corrected chi connectivity index (χ2v) is 8.54. The molecule has 0 amide bonds. The van der Waals surface area contributed by atoms with Crippen molar-refractivity contribution in [3.63, 3.8) is 0 Å². The van der Waals surface area contributed by atoms with Crippen LogP contribution >= 0.6 is 0 Å². The molecule has 0 aromatic carbocycles. The van der Waals surface area contributed by atoms with Gasteiger partial charge in [-0.25, -0.2) is 9.97 Å². The quantitative estimate of drug-likeness (QED) is 0.919. The molecule has 5 fully saturated rings. The van der Waals surface area contributed by atoms with Gasteiger partial charge in [-0.05, 0) is 56.3 Å². The Labute approximate surface area is 144 Å². The minimum absolute atomic E-state index is 0.414. The van der Waals surface area contributed by atoms with Crippen LogP contribution < -0.4 is 10.2 Å². The summed E-state index contributed by atoms with van der Waals surface area (Å²) in [6, 6.07) is 0. The van der Waals surface area contributed by atoms with Gasteiger partial charge in [0, 0.05) is 43.1 Å². The number of aromatic nitrogens is 2. The van der Waals surface area contributed by atoms with Crippen LogP contribution in [0.2, 0.25) is 0 Å². The van der Waals surface area contributed by atoms with Crippen molar-refractivity contribution < 1.29 is 4.74 Å². The fraction of sp³-hybridized carbons (Fsp3) is 0.789. The monoisotopic (exact) mass is 328 g/mol. The first-order valence-electron chi connectivity index (χ1n) is 9.67. The van der Waals surface area contributed by atoms with E-state index in [-0.39, 0.29) is 0 Å². The smallest absolute Gasteiger partial charge is 0.225 e. The van der Waals surface area contributed by atoms with Gasteiger partial charge in [-0.1, -0.05) is 0 Å². The SMILES string of the molecule is c1nc(N2CCOCC2)ncc1CNC12CC3CC(CC(C3)C1)C2. The molecule has 1 aromatic rings. The van der Waals surface area contributed by atoms with E-state index in [9.17, 15) is 0 Å². The first-order valence-corrected chi connectivity index (χ1v) is 9.67. The number of hydrogen-bond acceptors (Lipinski definition) is 5. The summed E-state index contributed by atoms with van der Waals surface area (Å²) >= 11 is 0. The molecule has 0 unspecified atom stereocenters. The van der Waals surface area contributed by atoms with Crippen molar-refractivity contribution in [2.24, 2.45) is 17.8 Å². The largest absolute Gasteiger partial charge is 0.378 e. The summed E-state index contributed by atoms with van der Waals surface area (Å²) < 4.78 is 5.39. The third-order valence-electron chi connectivity index (χ3n) is 6.69. The van der Waals surface area contributed by atoms with Crippen LogP contribution in [0.4, 0.5) is 5.95 Å². The molecule has 0 atom stereocenters. The number of nitrogens with one attached hydrogen (secondary N) is 1. The van der Waals surface area contributed by atoms with Gasteiger partial charge < -0.3 is 15.0 Å². The fourth-order valence-corrected chi connectivity index (χ4v) is 5.98. The van der Waals surface area contributed by atoms with Crippen molar-refractivity contribution in [1.29, 1.82) is 0 Å². The predicted molar refractivity (Wildman–Crippen MR) is 92.8 cm³/mol. The molecule has 2 heterocycles. The third kappa shape index (κ3) is 2.82. The molecule has 1 aromatic heterocycles. The third-order valence-corrected chi connectivity index (χ3v) is 6.69. The lowest BCUT2D eigenvalue weighted by molar-refractivity contribution is -0.0206. The molecule has 1 saturated heterocycles. The minimum atomic E-state index is 0.414. The Morgan fingerprint density at radius 3 is 2.17 bits per heavy atom. The number of morpholine rings is 1. The summed E-state index contributed by atoms with van der Waals surface area (Å²) in [5.74, 6) is 3.81. The Hall–Kier alpha value is -1.20. The molecular weight excluding hydrogens is 300 g/mol. The van der Waals surface area contributed by atoms with E-state index in [0.29, 0.717) is 5.54 Å². The highest BCUT2D eigenvalue weighted by molar-refractivity contribution is 5.30. The Morgan fingerprint density at radius 1 is 1.00 bits per heavy atom. The Kier molecular flexibility index (Phi) is 3.74. The predicted octanol–water partition coefficient (Wildman–Crippen LogP) is 2.37. The van der Waals surface area contributed by atoms with Crippen LogP contribution in [0.3, 0.4) is 0 Å². The molecule has 1 N–H and O–H groups in total. The van der Waals surface area contributed by atoms with E-state index >= 15 is 0 Å². The molecule has 1 aliphatic heterocycles. The summed E-state index contributed by atoms with van der Waals surface area (Å²) in [7, 11) is 0. The highest BCUT2D eigenvalue weighted by Gasteiger charge is 2.50. The molecule has 24 heavy (non-hydrogen) atoms. The standard InChI is InChI=1S/C19H28N4O/c1-3-24-4-2-23(1)18-20-11-17(12-21-18)13-22-19-8-14-5-15(9-19)7-16(6-14)10-19/h11-12,14-16,22H,1-10,13H2. The summed E-state index contributed by atoms with van der Waals surface area (Å²) in [5.41, 5.74) is 1.63. The van der Waals surface area contributed by atoms with Crippen molar-refractivity contribution in [2.75, 3.05) is 31.2 Å². The van der Waals surface area contributed by atoms with Crippen LogP contribution in [0, 0.1) is 17.8 Å². The Morgan fingerprint density at radius 2 is 1.58 bits per heavy atom. The van der Waals surface area contributed by atoms with Crippen LogP contribution in [0.15, 0.2) is 12.4 Å². The molecule has 5 heteroatoms. The molecule has 0 spiro atoms. The van der Waals surface area contributed by atoms with Crippen molar-refractivity contribution in [1.82, 2.24) is 15.3 Å². The van der Waals surface area contributed by atoms with Gasteiger partial charge in [-0.15, -0.1) is 0 Å². The molecule has 4 aliphatic carbocycles. The van der Waals surface area contributed by atoms with E-state index in [2.05, 4.69) is 20.2 Å². The van der Waals surface area contributed by atoms with Crippen molar-refractivity contribution in [3.8, 4) is 0 Å². The minimum Gasteiger partial charge on any atom is -0.378 e. The topological polar surface area (TPSA) is 50.3 Å². The van der Waals surface area contributed by atoms with Crippen molar-refractivity contribution >= 4 is 5.95 Å². The van der Waals surface area contributed by atoms with Gasteiger partial charge in [0.05, 0.1) is 13.2 Å². The summed E-state index contributed by atoms with van der Waals surface area (Å²) in [6.07, 6.45) is 12.7. The van der Waals surface area contributed by atoms with E-state index in [1.807, 2.05) is 12.4 Å². The van der Waals surface area contributed by atoms with Crippen LogP contribution in [0.1, 0.15) is 44.1 Å². The van der Waals surface area contributed by atoms with Crippen molar-refractivity contribution in [2.45, 2.75) is 50.6 Å². The lowest BCUT2D eigenvalue weighted by Crippen LogP contribution is -2.58. The molecule has 4 bridgehead atoms. The fourth-order valence-electron chi connectivity index (χ4n) is 5.98. The zero-order valence-corrected chi connectivity index (χ0v) is 14.4. The maximum absolute atomic E-state index is 5.39. The normalized spacial score (nSPS) is 37.8. The molecule has 130 valence electrons. The number of hydrogen-bond donors (Lipinski definition) is 1. The van der Waals surface area contributed by atoms with E-state index in [0.717, 1.165) is 56.6 Å². The molecular formula is C19H28N4O. The average molecular weight is 328 g/mol. The molecule has 6 rings (SSSR count). The van der Waals surface area contributed by atoms with Gasteiger partial charge >= 0.3 is 0 Å². The Bertz CT molecular complexity index is 546. The summed E-state index contributed by atoms with van der Waals surface area (Å²) in [4.78, 5) is 11.4. The molecule has 4 saturated carbocycles. The van der Waals surface area contributed by atoms with E-state index < -0.39 is 0 Å². The number of ether oxygens (including phenoxy) is 1. The zero-order chi connectivity index (χ0) is 16.0. The van der Waals surface area contributed by atoms with Gasteiger partial charge in [0.15, 0.2) is 0 Å². The highest BCUT2D eigenvalue weighted by atomic mass is 16.5. The first-order chi connectivity index (χ1) is 11.8. The van der Waals surface area contributed by atoms with E-state index in [4.69, 9.17) is 4.74 Å². The number of nitrogens with zero attached hydrogens (tertiary/aromatic N) is 3. The zero-order valence-electron chi connectivity index (χ0n) is 14.4. The van der Waals surface area contributed by atoms with Crippen LogP contribution in [-0.2, 0) is 11.3 Å². The number of rotatable bonds is 4. The van der Waals surface area contributed by atoms with Gasteiger partial charge in [0.25, 0.3) is 0 Å². The van der Waals surface area contributed by atoms with Gasteiger partial charge in [0.2, 0.25) is 5.95 Å². The maximum Gasteiger partial charge on any atom is 0.225 e. The Balaban J connectivity index is 1.22. The molecule has 0 radical (unpaired) electrons. The second-order valence-electron chi connectivity index (χ2n) is 8.54. The van der Waals surface area contributed by atoms with E-state index in [1.165, 1.54) is 44.1 Å². The molecule has 5 nitrogen and oxygen atoms in total. The van der Waals surface area contributed by atoms with Gasteiger partial charge in [0.1, 0.15) is 0 Å². The van der Waals surface area contributed by atoms with Gasteiger partial charge in [-0.2, -0.15) is 0 Å². The number of anilines is 1. The average Bonchev–Trinajstić information content (AvgIpc) is 2.60. The van der Waals surface area contributed by atoms with Crippen molar-refractivity contribution in [3.05, 3.63) is 18.0 Å². The first kappa shape index (κ1) is 15.1.